The average molecular weight is 280 g/mol. The molecule has 0 saturated carbocycles. The second kappa shape index (κ2) is 6.26. The van der Waals surface area contributed by atoms with Crippen LogP contribution in [-0.4, -0.2) is 16.1 Å². The number of hydrogen-bond acceptors (Lipinski definition) is 4. The van der Waals surface area contributed by atoms with Gasteiger partial charge in [0.15, 0.2) is 0 Å². The number of rotatable bonds is 3. The van der Waals surface area contributed by atoms with Crippen molar-refractivity contribution < 1.29 is 15.0 Å². The first-order valence-corrected chi connectivity index (χ1v) is 6.10. The van der Waals surface area contributed by atoms with Crippen LogP contribution in [0, 0.1) is 11.3 Å². The van der Waals surface area contributed by atoms with Gasteiger partial charge in [0.1, 0.15) is 23.1 Å². The number of carbonyl (C=O) groups is 1. The van der Waals surface area contributed by atoms with E-state index >= 15 is 0 Å². The lowest BCUT2D eigenvalue weighted by molar-refractivity contribution is -0.112. The number of amides is 1. The Bertz CT molecular complexity index is 728. The van der Waals surface area contributed by atoms with E-state index in [0.29, 0.717) is 11.3 Å². The first-order valence-electron chi connectivity index (χ1n) is 6.10. The molecule has 0 aliphatic rings. The van der Waals surface area contributed by atoms with Crippen molar-refractivity contribution in [2.24, 2.45) is 0 Å². The molecule has 0 saturated heterocycles. The lowest BCUT2D eigenvalue weighted by Gasteiger charge is -2.04. The molecule has 2 aromatic rings. The number of benzene rings is 2. The number of nitriles is 1. The highest BCUT2D eigenvalue weighted by molar-refractivity contribution is 6.09. The molecule has 3 N–H and O–H groups in total. The first kappa shape index (κ1) is 14.2. The van der Waals surface area contributed by atoms with Crippen LogP contribution in [-0.2, 0) is 4.79 Å². The zero-order valence-corrected chi connectivity index (χ0v) is 10.9. The molecule has 2 aromatic carbocycles. The number of carbonyl (C=O) groups excluding carboxylic acids is 1. The number of nitrogens with zero attached hydrogens (tertiary/aromatic N) is 1. The Kier molecular flexibility index (Phi) is 4.22. The predicted molar refractivity (Wildman–Crippen MR) is 78.4 cm³/mol. The standard InChI is InChI=1S/C16H12N2O3/c17-10-12(8-11-2-1-3-15(20)9-11)16(21)18-13-4-6-14(19)7-5-13/h1-9,19-20H,(H,18,21)/b12-8-. The zero-order valence-electron chi connectivity index (χ0n) is 10.9. The highest BCUT2D eigenvalue weighted by Crippen LogP contribution is 2.17. The summed E-state index contributed by atoms with van der Waals surface area (Å²) in [6, 6.07) is 14.0. The summed E-state index contributed by atoms with van der Waals surface area (Å²) in [5, 5.41) is 30.1. The minimum atomic E-state index is -0.563. The molecule has 0 aliphatic heterocycles. The van der Waals surface area contributed by atoms with E-state index in [4.69, 9.17) is 10.4 Å². The van der Waals surface area contributed by atoms with Crippen molar-refractivity contribution in [3.63, 3.8) is 0 Å². The summed E-state index contributed by atoms with van der Waals surface area (Å²) in [6.45, 7) is 0. The Morgan fingerprint density at radius 2 is 1.81 bits per heavy atom. The van der Waals surface area contributed by atoms with Crippen LogP contribution in [0.4, 0.5) is 5.69 Å². The molecule has 0 spiro atoms. The molecule has 0 fully saturated rings. The molecule has 104 valence electrons. The Morgan fingerprint density at radius 1 is 1.10 bits per heavy atom. The lowest BCUT2D eigenvalue weighted by Crippen LogP contribution is -2.13. The van der Waals surface area contributed by atoms with Crippen molar-refractivity contribution in [1.29, 1.82) is 5.26 Å². The topological polar surface area (TPSA) is 93.3 Å². The number of phenols is 2. The van der Waals surface area contributed by atoms with Gasteiger partial charge in [-0.1, -0.05) is 12.1 Å². The Morgan fingerprint density at radius 3 is 2.43 bits per heavy atom. The summed E-state index contributed by atoms with van der Waals surface area (Å²) >= 11 is 0. The van der Waals surface area contributed by atoms with E-state index in [1.807, 2.05) is 6.07 Å². The summed E-state index contributed by atoms with van der Waals surface area (Å²) < 4.78 is 0. The minimum Gasteiger partial charge on any atom is -0.508 e. The van der Waals surface area contributed by atoms with Gasteiger partial charge in [-0.05, 0) is 48.0 Å². The Labute approximate surface area is 121 Å². The molecule has 0 aromatic heterocycles. The van der Waals surface area contributed by atoms with Crippen molar-refractivity contribution in [3.05, 3.63) is 59.7 Å². The van der Waals surface area contributed by atoms with Gasteiger partial charge in [-0.15, -0.1) is 0 Å². The van der Waals surface area contributed by atoms with Crippen LogP contribution in [0.3, 0.4) is 0 Å². The summed E-state index contributed by atoms with van der Waals surface area (Å²) in [6.07, 6.45) is 1.38. The van der Waals surface area contributed by atoms with E-state index in [0.717, 1.165) is 0 Å². The van der Waals surface area contributed by atoms with Gasteiger partial charge >= 0.3 is 0 Å². The van der Waals surface area contributed by atoms with Crippen LogP contribution >= 0.6 is 0 Å². The van der Waals surface area contributed by atoms with Gasteiger partial charge in [-0.3, -0.25) is 4.79 Å². The quantitative estimate of drug-likeness (QED) is 0.457. The van der Waals surface area contributed by atoms with E-state index in [9.17, 15) is 9.90 Å². The van der Waals surface area contributed by atoms with Crippen LogP contribution < -0.4 is 5.32 Å². The SMILES string of the molecule is N#C/C(=C/c1cccc(O)c1)C(=O)Nc1ccc(O)cc1. The van der Waals surface area contributed by atoms with Crippen molar-refractivity contribution >= 4 is 17.7 Å². The molecule has 0 radical (unpaired) electrons. The summed E-state index contributed by atoms with van der Waals surface area (Å²) in [7, 11) is 0. The van der Waals surface area contributed by atoms with Gasteiger partial charge < -0.3 is 15.5 Å². The van der Waals surface area contributed by atoms with E-state index in [-0.39, 0.29) is 17.1 Å². The molecule has 0 bridgehead atoms. The third-order valence-electron chi connectivity index (χ3n) is 2.67. The fourth-order valence-electron chi connectivity index (χ4n) is 1.67. The van der Waals surface area contributed by atoms with Crippen LogP contribution in [0.1, 0.15) is 5.56 Å². The van der Waals surface area contributed by atoms with Crippen molar-refractivity contribution in [3.8, 4) is 17.6 Å². The second-order valence-corrected chi connectivity index (χ2v) is 4.27. The third kappa shape index (κ3) is 3.85. The second-order valence-electron chi connectivity index (χ2n) is 4.27. The van der Waals surface area contributed by atoms with E-state index in [1.54, 1.807) is 12.1 Å². The summed E-state index contributed by atoms with van der Waals surface area (Å²) in [5.41, 5.74) is 0.927. The molecule has 0 aliphatic carbocycles. The Balaban J connectivity index is 2.19. The van der Waals surface area contributed by atoms with Crippen LogP contribution in [0.25, 0.3) is 6.08 Å². The van der Waals surface area contributed by atoms with Crippen LogP contribution in [0.15, 0.2) is 54.1 Å². The van der Waals surface area contributed by atoms with Crippen molar-refractivity contribution in [2.75, 3.05) is 5.32 Å². The number of hydrogen-bond donors (Lipinski definition) is 3. The molecular formula is C16H12N2O3. The number of anilines is 1. The summed E-state index contributed by atoms with van der Waals surface area (Å²) in [5.74, 6) is -0.421. The highest BCUT2D eigenvalue weighted by atomic mass is 16.3. The van der Waals surface area contributed by atoms with Crippen molar-refractivity contribution in [2.45, 2.75) is 0 Å². The molecule has 0 heterocycles. The molecule has 2 rings (SSSR count). The van der Waals surface area contributed by atoms with Crippen LogP contribution in [0.2, 0.25) is 0 Å². The Hall–Kier alpha value is -3.26. The van der Waals surface area contributed by atoms with Gasteiger partial charge in [0.25, 0.3) is 5.91 Å². The molecular weight excluding hydrogens is 268 g/mol. The van der Waals surface area contributed by atoms with E-state index < -0.39 is 5.91 Å². The molecule has 5 heteroatoms. The zero-order chi connectivity index (χ0) is 15.2. The van der Waals surface area contributed by atoms with E-state index in [1.165, 1.54) is 42.5 Å². The van der Waals surface area contributed by atoms with Crippen LogP contribution in [0.5, 0.6) is 11.5 Å². The maximum absolute atomic E-state index is 12.0. The molecule has 1 amide bonds. The number of aromatic hydroxyl groups is 2. The van der Waals surface area contributed by atoms with Gasteiger partial charge in [0.2, 0.25) is 0 Å². The van der Waals surface area contributed by atoms with Gasteiger partial charge in [0.05, 0.1) is 0 Å². The monoisotopic (exact) mass is 280 g/mol. The predicted octanol–water partition coefficient (Wildman–Crippen LogP) is 2.64. The number of nitrogens with one attached hydrogen (secondary N) is 1. The normalized spacial score (nSPS) is 10.7. The fourth-order valence-corrected chi connectivity index (χ4v) is 1.67. The molecule has 0 unspecified atom stereocenters. The summed E-state index contributed by atoms with van der Waals surface area (Å²) in [4.78, 5) is 12.0. The van der Waals surface area contributed by atoms with E-state index in [2.05, 4.69) is 5.32 Å². The minimum absolute atomic E-state index is 0.0555. The first-order chi connectivity index (χ1) is 10.1. The number of phenolic OH excluding ortho intramolecular Hbond substituents is 2. The average Bonchev–Trinajstić information content (AvgIpc) is 2.47. The van der Waals surface area contributed by atoms with Gasteiger partial charge in [-0.25, -0.2) is 0 Å². The molecule has 0 atom stereocenters. The fraction of sp³-hybridized carbons (Fsp3) is 0. The molecule has 21 heavy (non-hydrogen) atoms. The highest BCUT2D eigenvalue weighted by Gasteiger charge is 2.09. The molecule has 5 nitrogen and oxygen atoms in total. The van der Waals surface area contributed by atoms with Crippen molar-refractivity contribution in [1.82, 2.24) is 0 Å². The maximum atomic E-state index is 12.0. The van der Waals surface area contributed by atoms with Gasteiger partial charge in [-0.2, -0.15) is 5.26 Å². The smallest absolute Gasteiger partial charge is 0.266 e. The largest absolute Gasteiger partial charge is 0.508 e. The lowest BCUT2D eigenvalue weighted by atomic mass is 10.1. The maximum Gasteiger partial charge on any atom is 0.266 e. The third-order valence-corrected chi connectivity index (χ3v) is 2.67. The van der Waals surface area contributed by atoms with Gasteiger partial charge in [0, 0.05) is 5.69 Å².